The molecule has 0 atom stereocenters. The average molecular weight is 376 g/mol. The number of hydrogen-bond donors (Lipinski definition) is 1. The van der Waals surface area contributed by atoms with Gasteiger partial charge in [0.1, 0.15) is 0 Å². The molecule has 136 valence electrons. The minimum atomic E-state index is 0.732. The molecule has 0 saturated carbocycles. The van der Waals surface area contributed by atoms with Gasteiger partial charge in [0.2, 0.25) is 0 Å². The maximum atomic E-state index is 6.10. The Morgan fingerprint density at radius 3 is 2.37 bits per heavy atom. The van der Waals surface area contributed by atoms with Gasteiger partial charge in [0, 0.05) is 22.7 Å². The molecular formula is C23H22ClN3. The van der Waals surface area contributed by atoms with E-state index in [0.29, 0.717) is 0 Å². The summed E-state index contributed by atoms with van der Waals surface area (Å²) in [6.07, 6.45) is 1.05. The molecule has 0 aromatic heterocycles. The Labute approximate surface area is 165 Å². The monoisotopic (exact) mass is 375 g/mol. The van der Waals surface area contributed by atoms with Crippen LogP contribution in [-0.4, -0.2) is 25.8 Å². The number of fused-ring (bicyclic) bond motifs is 2. The zero-order chi connectivity index (χ0) is 18.6. The number of benzene rings is 3. The Kier molecular flexibility index (Phi) is 5.23. The third-order valence-corrected chi connectivity index (χ3v) is 5.03. The maximum Gasteiger partial charge on any atom is 0.0874 e. The second-order valence-corrected chi connectivity index (χ2v) is 7.02. The largest absolute Gasteiger partial charge is 0.339 e. The fourth-order valence-corrected chi connectivity index (χ4v) is 3.62. The predicted molar refractivity (Wildman–Crippen MR) is 115 cm³/mol. The first-order valence-corrected chi connectivity index (χ1v) is 9.61. The highest BCUT2D eigenvalue weighted by Gasteiger charge is 2.23. The SMILES string of the molecule is CNCCCN1c2ccccc2N=C(c2ccc(Cl)cc2)c2ccccc21. The molecule has 3 aromatic rings. The summed E-state index contributed by atoms with van der Waals surface area (Å²) in [5.74, 6) is 0. The molecule has 0 unspecified atom stereocenters. The highest BCUT2D eigenvalue weighted by atomic mass is 35.5. The molecule has 0 radical (unpaired) electrons. The number of anilines is 2. The van der Waals surface area contributed by atoms with Crippen molar-refractivity contribution in [3.8, 4) is 0 Å². The van der Waals surface area contributed by atoms with Crippen LogP contribution < -0.4 is 10.2 Å². The van der Waals surface area contributed by atoms with Crippen LogP contribution in [-0.2, 0) is 0 Å². The van der Waals surface area contributed by atoms with Crippen molar-refractivity contribution in [2.75, 3.05) is 25.0 Å². The molecular weight excluding hydrogens is 354 g/mol. The summed E-state index contributed by atoms with van der Waals surface area (Å²) in [6.45, 7) is 1.91. The van der Waals surface area contributed by atoms with E-state index in [1.165, 1.54) is 5.69 Å². The lowest BCUT2D eigenvalue weighted by Gasteiger charge is -2.26. The van der Waals surface area contributed by atoms with E-state index in [0.717, 1.165) is 52.7 Å². The molecule has 0 spiro atoms. The van der Waals surface area contributed by atoms with Gasteiger partial charge in [-0.3, -0.25) is 0 Å². The van der Waals surface area contributed by atoms with Gasteiger partial charge in [-0.25, -0.2) is 4.99 Å². The molecule has 1 aliphatic heterocycles. The summed E-state index contributed by atoms with van der Waals surface area (Å²) in [6, 6.07) is 24.8. The number of nitrogens with one attached hydrogen (secondary N) is 1. The van der Waals surface area contributed by atoms with Gasteiger partial charge in [-0.1, -0.05) is 54.1 Å². The standard InChI is InChI=1S/C23H22ClN3/c1-25-15-6-16-27-21-9-4-2-7-19(21)23(17-11-13-18(24)14-12-17)26-20-8-3-5-10-22(20)27/h2-5,7-14,25H,6,15-16H2,1H3. The van der Waals surface area contributed by atoms with Crippen molar-refractivity contribution in [3.63, 3.8) is 0 Å². The van der Waals surface area contributed by atoms with Crippen molar-refractivity contribution in [2.45, 2.75) is 6.42 Å². The second kappa shape index (κ2) is 7.95. The third-order valence-electron chi connectivity index (χ3n) is 4.78. The third kappa shape index (κ3) is 3.61. The van der Waals surface area contributed by atoms with Gasteiger partial charge in [-0.2, -0.15) is 0 Å². The van der Waals surface area contributed by atoms with Crippen molar-refractivity contribution >= 4 is 34.4 Å². The highest BCUT2D eigenvalue weighted by molar-refractivity contribution is 6.30. The van der Waals surface area contributed by atoms with E-state index >= 15 is 0 Å². The van der Waals surface area contributed by atoms with Gasteiger partial charge in [-0.05, 0) is 50.3 Å². The summed E-state index contributed by atoms with van der Waals surface area (Å²) in [4.78, 5) is 7.46. The average Bonchev–Trinajstić information content (AvgIpc) is 2.84. The second-order valence-electron chi connectivity index (χ2n) is 6.58. The number of hydrogen-bond acceptors (Lipinski definition) is 3. The number of nitrogens with zero attached hydrogens (tertiary/aromatic N) is 2. The summed E-state index contributed by atoms with van der Waals surface area (Å²) in [5, 5.41) is 3.97. The van der Waals surface area contributed by atoms with Crippen LogP contribution in [0, 0.1) is 0 Å². The van der Waals surface area contributed by atoms with Crippen LogP contribution in [0.2, 0.25) is 5.02 Å². The van der Waals surface area contributed by atoms with E-state index in [2.05, 4.69) is 52.7 Å². The number of para-hydroxylation sites is 3. The first-order valence-electron chi connectivity index (χ1n) is 9.23. The number of rotatable bonds is 5. The zero-order valence-corrected chi connectivity index (χ0v) is 16.1. The minimum Gasteiger partial charge on any atom is -0.339 e. The molecule has 3 nitrogen and oxygen atoms in total. The first-order chi connectivity index (χ1) is 13.3. The topological polar surface area (TPSA) is 27.6 Å². The Morgan fingerprint density at radius 2 is 1.59 bits per heavy atom. The lowest BCUT2D eigenvalue weighted by Crippen LogP contribution is -2.23. The van der Waals surface area contributed by atoms with Crippen LogP contribution in [0.1, 0.15) is 17.5 Å². The van der Waals surface area contributed by atoms with Crippen LogP contribution in [0.5, 0.6) is 0 Å². The molecule has 4 heteroatoms. The van der Waals surface area contributed by atoms with E-state index in [1.54, 1.807) is 0 Å². The summed E-state index contributed by atoms with van der Waals surface area (Å²) in [7, 11) is 1.99. The Hall–Kier alpha value is -2.62. The van der Waals surface area contributed by atoms with Gasteiger partial charge < -0.3 is 10.2 Å². The molecule has 0 saturated heterocycles. The molecule has 4 rings (SSSR count). The van der Waals surface area contributed by atoms with Gasteiger partial charge in [0.15, 0.2) is 0 Å². The van der Waals surface area contributed by atoms with E-state index in [-0.39, 0.29) is 0 Å². The Bertz CT molecular complexity index is 963. The number of halogens is 1. The van der Waals surface area contributed by atoms with Gasteiger partial charge in [-0.15, -0.1) is 0 Å². The smallest absolute Gasteiger partial charge is 0.0874 e. The fourth-order valence-electron chi connectivity index (χ4n) is 3.49. The molecule has 3 aromatic carbocycles. The highest BCUT2D eigenvalue weighted by Crippen LogP contribution is 2.40. The van der Waals surface area contributed by atoms with Gasteiger partial charge >= 0.3 is 0 Å². The van der Waals surface area contributed by atoms with Crippen LogP contribution in [0.15, 0.2) is 77.8 Å². The van der Waals surface area contributed by atoms with E-state index in [4.69, 9.17) is 16.6 Å². The molecule has 0 aliphatic carbocycles. The van der Waals surface area contributed by atoms with Crippen LogP contribution in [0.3, 0.4) is 0 Å². The van der Waals surface area contributed by atoms with Crippen LogP contribution in [0.25, 0.3) is 0 Å². The van der Waals surface area contributed by atoms with Gasteiger partial charge in [0.05, 0.1) is 22.8 Å². The molecule has 1 heterocycles. The quantitative estimate of drug-likeness (QED) is 0.590. The summed E-state index contributed by atoms with van der Waals surface area (Å²) < 4.78 is 0. The van der Waals surface area contributed by atoms with Crippen molar-refractivity contribution in [3.05, 3.63) is 88.9 Å². The number of aliphatic imine (C=N–C) groups is 1. The van der Waals surface area contributed by atoms with Crippen LogP contribution >= 0.6 is 11.6 Å². The molecule has 1 aliphatic rings. The Balaban J connectivity index is 1.89. The predicted octanol–water partition coefficient (Wildman–Crippen LogP) is 5.57. The fraction of sp³-hybridized carbons (Fsp3) is 0.174. The summed E-state index contributed by atoms with van der Waals surface area (Å²) in [5.41, 5.74) is 6.51. The van der Waals surface area contributed by atoms with Gasteiger partial charge in [0.25, 0.3) is 0 Å². The Morgan fingerprint density at radius 1 is 0.889 bits per heavy atom. The first kappa shape index (κ1) is 17.8. The summed E-state index contributed by atoms with van der Waals surface area (Å²) >= 11 is 6.10. The van der Waals surface area contributed by atoms with Crippen molar-refractivity contribution < 1.29 is 0 Å². The molecule has 27 heavy (non-hydrogen) atoms. The lowest BCUT2D eigenvalue weighted by molar-refractivity contribution is 0.723. The van der Waals surface area contributed by atoms with Crippen molar-refractivity contribution in [1.29, 1.82) is 0 Å². The van der Waals surface area contributed by atoms with E-state index in [9.17, 15) is 0 Å². The normalized spacial score (nSPS) is 12.8. The van der Waals surface area contributed by atoms with E-state index < -0.39 is 0 Å². The zero-order valence-electron chi connectivity index (χ0n) is 15.3. The van der Waals surface area contributed by atoms with E-state index in [1.807, 2.05) is 37.4 Å². The molecule has 0 fully saturated rings. The molecule has 1 N–H and O–H groups in total. The van der Waals surface area contributed by atoms with Crippen LogP contribution in [0.4, 0.5) is 17.1 Å². The molecule has 0 amide bonds. The van der Waals surface area contributed by atoms with Crippen molar-refractivity contribution in [2.24, 2.45) is 4.99 Å². The lowest BCUT2D eigenvalue weighted by atomic mass is 10.00. The molecule has 0 bridgehead atoms. The minimum absolute atomic E-state index is 0.732. The van der Waals surface area contributed by atoms with Crippen molar-refractivity contribution in [1.82, 2.24) is 5.32 Å². The maximum absolute atomic E-state index is 6.10.